The van der Waals surface area contributed by atoms with Crippen LogP contribution in [0.15, 0.2) is 47.4 Å². The molecule has 0 fully saturated rings. The second-order valence-electron chi connectivity index (χ2n) is 4.98. The van der Waals surface area contributed by atoms with Gasteiger partial charge in [-0.15, -0.1) is 0 Å². The van der Waals surface area contributed by atoms with E-state index in [1.807, 2.05) is 30.3 Å². The molecule has 114 valence electrons. The average molecular weight is 306 g/mol. The van der Waals surface area contributed by atoms with Crippen molar-refractivity contribution in [2.24, 2.45) is 0 Å². The van der Waals surface area contributed by atoms with E-state index in [-0.39, 0.29) is 0 Å². The lowest BCUT2D eigenvalue weighted by Crippen LogP contribution is -2.27. The molecular weight excluding hydrogens is 284 g/mol. The summed E-state index contributed by atoms with van der Waals surface area (Å²) < 4.78 is 27.5. The van der Waals surface area contributed by atoms with Crippen LogP contribution < -0.4 is 10.0 Å². The lowest BCUT2D eigenvalue weighted by Gasteiger charge is -2.09. The molecule has 0 heterocycles. The van der Waals surface area contributed by atoms with Gasteiger partial charge in [-0.3, -0.25) is 0 Å². The highest BCUT2D eigenvalue weighted by Gasteiger charge is 2.15. The van der Waals surface area contributed by atoms with Gasteiger partial charge in [0.15, 0.2) is 0 Å². The molecule has 2 aromatic rings. The topological polar surface area (TPSA) is 58.2 Å². The minimum Gasteiger partial charge on any atom is -0.317 e. The molecule has 0 saturated carbocycles. The second-order valence-corrected chi connectivity index (χ2v) is 6.71. The first-order valence-electron chi connectivity index (χ1n) is 7.33. The van der Waals surface area contributed by atoms with E-state index in [0.29, 0.717) is 11.4 Å². The van der Waals surface area contributed by atoms with Crippen LogP contribution in [0.3, 0.4) is 0 Å². The van der Waals surface area contributed by atoms with Crippen molar-refractivity contribution in [2.75, 3.05) is 19.6 Å². The number of hydrogen-bond donors (Lipinski definition) is 2. The average Bonchev–Trinajstić information content (AvgIpc) is 2.50. The minimum atomic E-state index is -3.46. The molecule has 0 unspecified atom stereocenters. The molecule has 0 aliphatic rings. The summed E-state index contributed by atoms with van der Waals surface area (Å²) in [7, 11) is -3.46. The van der Waals surface area contributed by atoms with E-state index >= 15 is 0 Å². The fraction of sp³-hybridized carbons (Fsp3) is 0.375. The van der Waals surface area contributed by atoms with Gasteiger partial charge >= 0.3 is 0 Å². The highest BCUT2D eigenvalue weighted by Crippen LogP contribution is 2.22. The fourth-order valence-corrected chi connectivity index (χ4v) is 3.53. The monoisotopic (exact) mass is 306 g/mol. The van der Waals surface area contributed by atoms with Crippen LogP contribution in [0, 0.1) is 0 Å². The molecule has 4 nitrogen and oxygen atoms in total. The molecule has 0 atom stereocenters. The van der Waals surface area contributed by atoms with Crippen LogP contribution in [0.25, 0.3) is 10.8 Å². The van der Waals surface area contributed by atoms with Crippen LogP contribution in [-0.4, -0.2) is 28.1 Å². The van der Waals surface area contributed by atoms with Crippen LogP contribution >= 0.6 is 0 Å². The van der Waals surface area contributed by atoms with Crippen LogP contribution in [0.5, 0.6) is 0 Å². The van der Waals surface area contributed by atoms with Crippen LogP contribution in [0.1, 0.15) is 19.8 Å². The number of sulfonamides is 1. The maximum absolute atomic E-state index is 12.4. The van der Waals surface area contributed by atoms with E-state index < -0.39 is 10.0 Å². The zero-order chi connectivity index (χ0) is 15.1. The Morgan fingerprint density at radius 2 is 1.71 bits per heavy atom. The Balaban J connectivity index is 2.05. The van der Waals surface area contributed by atoms with Crippen molar-refractivity contribution in [1.29, 1.82) is 0 Å². The van der Waals surface area contributed by atoms with Crippen LogP contribution in [0.2, 0.25) is 0 Å². The molecule has 0 saturated heterocycles. The Kier molecular flexibility index (Phi) is 5.73. The van der Waals surface area contributed by atoms with Gasteiger partial charge < -0.3 is 5.32 Å². The number of hydrogen-bond acceptors (Lipinski definition) is 3. The van der Waals surface area contributed by atoms with Crippen molar-refractivity contribution in [3.63, 3.8) is 0 Å². The third-order valence-corrected chi connectivity index (χ3v) is 4.81. The largest absolute Gasteiger partial charge is 0.317 e. The maximum Gasteiger partial charge on any atom is 0.241 e. The zero-order valence-corrected chi connectivity index (χ0v) is 13.1. The highest BCUT2D eigenvalue weighted by atomic mass is 32.2. The molecule has 0 bridgehead atoms. The highest BCUT2D eigenvalue weighted by molar-refractivity contribution is 7.89. The van der Waals surface area contributed by atoms with E-state index in [1.165, 1.54) is 0 Å². The van der Waals surface area contributed by atoms with E-state index in [2.05, 4.69) is 17.0 Å². The number of fused-ring (bicyclic) bond motifs is 1. The fourth-order valence-electron chi connectivity index (χ4n) is 2.23. The standard InChI is InChI=1S/C16H22N2O2S/c1-2-11-17-12-6-13-18-21(19,20)16-10-5-8-14-7-3-4-9-15(14)16/h3-5,7-10,17-18H,2,6,11-13H2,1H3. The molecule has 2 rings (SSSR count). The number of rotatable bonds is 8. The van der Waals surface area contributed by atoms with Crippen molar-refractivity contribution in [2.45, 2.75) is 24.7 Å². The molecule has 5 heteroatoms. The van der Waals surface area contributed by atoms with Crippen molar-refractivity contribution < 1.29 is 8.42 Å². The molecule has 0 aliphatic carbocycles. The van der Waals surface area contributed by atoms with Crippen molar-refractivity contribution >= 4 is 20.8 Å². The van der Waals surface area contributed by atoms with E-state index in [4.69, 9.17) is 0 Å². The van der Waals surface area contributed by atoms with Gasteiger partial charge in [-0.05, 0) is 37.4 Å². The van der Waals surface area contributed by atoms with Crippen molar-refractivity contribution in [3.05, 3.63) is 42.5 Å². The summed E-state index contributed by atoms with van der Waals surface area (Å²) in [6.45, 7) is 4.35. The van der Waals surface area contributed by atoms with Crippen LogP contribution in [0.4, 0.5) is 0 Å². The third kappa shape index (κ3) is 4.27. The predicted octanol–water partition coefficient (Wildman–Crippen LogP) is 2.51. The summed E-state index contributed by atoms with van der Waals surface area (Å²) in [5.74, 6) is 0. The second kappa shape index (κ2) is 7.54. The smallest absolute Gasteiger partial charge is 0.241 e. The molecule has 0 aromatic heterocycles. The minimum absolute atomic E-state index is 0.349. The van der Waals surface area contributed by atoms with Crippen LogP contribution in [-0.2, 0) is 10.0 Å². The van der Waals surface area contributed by atoms with Gasteiger partial charge in [-0.2, -0.15) is 0 Å². The lowest BCUT2D eigenvalue weighted by atomic mass is 10.1. The molecule has 0 aliphatic heterocycles. The Bertz CT molecular complexity index is 678. The van der Waals surface area contributed by atoms with E-state index in [0.717, 1.165) is 36.7 Å². The van der Waals surface area contributed by atoms with Gasteiger partial charge in [0, 0.05) is 11.9 Å². The third-order valence-electron chi connectivity index (χ3n) is 3.29. The van der Waals surface area contributed by atoms with Crippen molar-refractivity contribution in [1.82, 2.24) is 10.0 Å². The summed E-state index contributed by atoms with van der Waals surface area (Å²) in [6.07, 6.45) is 1.87. The van der Waals surface area contributed by atoms with Gasteiger partial charge in [0.2, 0.25) is 10.0 Å². The molecular formula is C16H22N2O2S. The van der Waals surface area contributed by atoms with Gasteiger partial charge in [0.05, 0.1) is 4.90 Å². The predicted molar refractivity (Wildman–Crippen MR) is 86.9 cm³/mol. The summed E-state index contributed by atoms with van der Waals surface area (Å²) in [4.78, 5) is 0.349. The first kappa shape index (κ1) is 15.9. The normalized spacial score (nSPS) is 11.9. The van der Waals surface area contributed by atoms with E-state index in [1.54, 1.807) is 12.1 Å². The first-order valence-corrected chi connectivity index (χ1v) is 8.81. The maximum atomic E-state index is 12.4. The summed E-state index contributed by atoms with van der Waals surface area (Å²) in [6, 6.07) is 12.9. The van der Waals surface area contributed by atoms with Gasteiger partial charge in [0.25, 0.3) is 0 Å². The first-order chi connectivity index (χ1) is 10.1. The molecule has 2 N–H and O–H groups in total. The molecule has 2 aromatic carbocycles. The Morgan fingerprint density at radius 3 is 2.52 bits per heavy atom. The SMILES string of the molecule is CCCNCCCNS(=O)(=O)c1cccc2ccccc12. The molecule has 0 spiro atoms. The van der Waals surface area contributed by atoms with E-state index in [9.17, 15) is 8.42 Å². The Labute approximate surface area is 126 Å². The molecule has 0 radical (unpaired) electrons. The summed E-state index contributed by atoms with van der Waals surface area (Å²) in [5.41, 5.74) is 0. The van der Waals surface area contributed by atoms with Gasteiger partial charge in [0.1, 0.15) is 0 Å². The Morgan fingerprint density at radius 1 is 0.952 bits per heavy atom. The quantitative estimate of drug-likeness (QED) is 0.737. The summed E-state index contributed by atoms with van der Waals surface area (Å²) in [5, 5.41) is 4.95. The molecule has 21 heavy (non-hydrogen) atoms. The van der Waals surface area contributed by atoms with Gasteiger partial charge in [-0.25, -0.2) is 13.1 Å². The summed E-state index contributed by atoms with van der Waals surface area (Å²) >= 11 is 0. The number of benzene rings is 2. The van der Waals surface area contributed by atoms with Crippen molar-refractivity contribution in [3.8, 4) is 0 Å². The number of nitrogens with one attached hydrogen (secondary N) is 2. The zero-order valence-electron chi connectivity index (χ0n) is 12.3. The Hall–Kier alpha value is -1.43. The lowest BCUT2D eigenvalue weighted by molar-refractivity contribution is 0.574. The molecule has 0 amide bonds. The van der Waals surface area contributed by atoms with Gasteiger partial charge in [-0.1, -0.05) is 43.3 Å².